The molecular weight excluding hydrogens is 428 g/mol. The first-order valence-corrected chi connectivity index (χ1v) is 12.3. The maximum absolute atomic E-state index is 12.2. The standard InChI is InChI=1S/C28H40N2O4/c1-29(2)27(31)8-6-5-7-19-30-20-17-24(18-21-30)28(32,22-9-13-25(33-3)14-10-22)23-11-15-26(34-4)16-12-23/h9-16,24,32H,5-8,17-21H2,1-4H3. The van der Waals surface area contributed by atoms with Gasteiger partial charge in [-0.15, -0.1) is 0 Å². The Labute approximate surface area is 204 Å². The molecule has 1 amide bonds. The number of benzene rings is 2. The summed E-state index contributed by atoms with van der Waals surface area (Å²) in [5.74, 6) is 1.88. The molecule has 186 valence electrons. The Hall–Kier alpha value is -2.57. The zero-order chi connectivity index (χ0) is 24.6. The van der Waals surface area contributed by atoms with E-state index in [1.807, 2.05) is 62.6 Å². The van der Waals surface area contributed by atoms with Gasteiger partial charge in [0.05, 0.1) is 14.2 Å². The number of aliphatic hydroxyl groups is 1. The highest BCUT2D eigenvalue weighted by molar-refractivity contribution is 5.75. The predicted octanol–water partition coefficient (Wildman–Crippen LogP) is 4.30. The summed E-state index contributed by atoms with van der Waals surface area (Å²) in [7, 11) is 6.93. The molecule has 3 rings (SSSR count). The van der Waals surface area contributed by atoms with Gasteiger partial charge in [0.2, 0.25) is 5.91 Å². The third kappa shape index (κ3) is 6.30. The van der Waals surface area contributed by atoms with Crippen molar-refractivity contribution in [1.82, 2.24) is 9.80 Å². The van der Waals surface area contributed by atoms with E-state index in [9.17, 15) is 9.90 Å². The number of likely N-dealkylation sites (tertiary alicyclic amines) is 1. The second-order valence-corrected chi connectivity index (χ2v) is 9.44. The van der Waals surface area contributed by atoms with Crippen molar-refractivity contribution in [2.75, 3.05) is 47.9 Å². The number of methoxy groups -OCH3 is 2. The van der Waals surface area contributed by atoms with Crippen molar-refractivity contribution < 1.29 is 19.4 Å². The molecule has 6 heteroatoms. The van der Waals surface area contributed by atoms with Crippen molar-refractivity contribution in [3.63, 3.8) is 0 Å². The van der Waals surface area contributed by atoms with Gasteiger partial charge in [0.25, 0.3) is 0 Å². The van der Waals surface area contributed by atoms with Crippen LogP contribution in [0.2, 0.25) is 0 Å². The van der Waals surface area contributed by atoms with Crippen molar-refractivity contribution in [3.05, 3.63) is 59.7 Å². The maximum Gasteiger partial charge on any atom is 0.222 e. The summed E-state index contributed by atoms with van der Waals surface area (Å²) in [6.45, 7) is 2.98. The number of piperidine rings is 1. The zero-order valence-electron chi connectivity index (χ0n) is 21.1. The molecule has 2 aromatic carbocycles. The van der Waals surface area contributed by atoms with Gasteiger partial charge in [0.1, 0.15) is 17.1 Å². The molecule has 2 aromatic rings. The Morgan fingerprint density at radius 2 is 1.41 bits per heavy atom. The molecule has 0 radical (unpaired) electrons. The van der Waals surface area contributed by atoms with Gasteiger partial charge in [0, 0.05) is 20.5 Å². The lowest BCUT2D eigenvalue weighted by Gasteiger charge is -2.42. The summed E-state index contributed by atoms with van der Waals surface area (Å²) < 4.78 is 10.7. The molecule has 6 nitrogen and oxygen atoms in total. The summed E-state index contributed by atoms with van der Waals surface area (Å²) in [5.41, 5.74) is 0.710. The number of rotatable bonds is 11. The number of unbranched alkanes of at least 4 members (excludes halogenated alkanes) is 2. The van der Waals surface area contributed by atoms with Crippen LogP contribution in [0.5, 0.6) is 11.5 Å². The van der Waals surface area contributed by atoms with Gasteiger partial charge >= 0.3 is 0 Å². The van der Waals surface area contributed by atoms with Gasteiger partial charge in [0.15, 0.2) is 0 Å². The van der Waals surface area contributed by atoms with Crippen LogP contribution in [-0.2, 0) is 10.4 Å². The van der Waals surface area contributed by atoms with Gasteiger partial charge in [-0.3, -0.25) is 4.79 Å². The normalized spacial score (nSPS) is 15.2. The van der Waals surface area contributed by atoms with Crippen LogP contribution in [0.15, 0.2) is 48.5 Å². The molecule has 1 N–H and O–H groups in total. The maximum atomic E-state index is 12.2. The molecule has 1 aliphatic rings. The lowest BCUT2D eigenvalue weighted by Crippen LogP contribution is -2.44. The van der Waals surface area contributed by atoms with E-state index in [4.69, 9.17) is 9.47 Å². The third-order valence-corrected chi connectivity index (χ3v) is 7.10. The quantitative estimate of drug-likeness (QED) is 0.498. The first-order valence-electron chi connectivity index (χ1n) is 12.3. The second-order valence-electron chi connectivity index (χ2n) is 9.44. The van der Waals surface area contributed by atoms with Crippen LogP contribution in [0, 0.1) is 5.92 Å². The number of nitrogens with zero attached hydrogens (tertiary/aromatic N) is 2. The average molecular weight is 469 g/mol. The van der Waals surface area contributed by atoms with E-state index in [0.29, 0.717) is 6.42 Å². The van der Waals surface area contributed by atoms with Gasteiger partial charge in [-0.25, -0.2) is 0 Å². The molecule has 0 unspecified atom stereocenters. The van der Waals surface area contributed by atoms with Gasteiger partial charge in [-0.1, -0.05) is 30.7 Å². The molecule has 0 spiro atoms. The highest BCUT2D eigenvalue weighted by Gasteiger charge is 2.41. The molecule has 1 saturated heterocycles. The summed E-state index contributed by atoms with van der Waals surface area (Å²) in [5, 5.41) is 12.2. The minimum absolute atomic E-state index is 0.114. The molecular formula is C28H40N2O4. The first-order chi connectivity index (χ1) is 16.4. The van der Waals surface area contributed by atoms with Gasteiger partial charge in [-0.2, -0.15) is 0 Å². The van der Waals surface area contributed by atoms with Crippen molar-refractivity contribution in [2.45, 2.75) is 44.1 Å². The van der Waals surface area contributed by atoms with Crippen LogP contribution in [-0.4, -0.2) is 68.8 Å². The van der Waals surface area contributed by atoms with E-state index in [1.165, 1.54) is 0 Å². The largest absolute Gasteiger partial charge is 0.497 e. The zero-order valence-corrected chi connectivity index (χ0v) is 21.1. The van der Waals surface area contributed by atoms with Crippen LogP contribution in [0.1, 0.15) is 49.7 Å². The Bertz CT molecular complexity index is 840. The molecule has 1 heterocycles. The van der Waals surface area contributed by atoms with E-state index in [2.05, 4.69) is 4.90 Å². The highest BCUT2D eigenvalue weighted by atomic mass is 16.5. The molecule has 0 saturated carbocycles. The van der Waals surface area contributed by atoms with Crippen LogP contribution < -0.4 is 9.47 Å². The van der Waals surface area contributed by atoms with Gasteiger partial charge in [-0.05, 0) is 86.6 Å². The number of hydrogen-bond donors (Lipinski definition) is 1. The summed E-state index contributed by atoms with van der Waals surface area (Å²) in [6.07, 6.45) is 5.60. The highest BCUT2D eigenvalue weighted by Crippen LogP contribution is 2.42. The van der Waals surface area contributed by atoms with Gasteiger partial charge < -0.3 is 24.4 Å². The topological polar surface area (TPSA) is 62.2 Å². The fourth-order valence-electron chi connectivity index (χ4n) is 4.91. The molecule has 1 fully saturated rings. The molecule has 34 heavy (non-hydrogen) atoms. The third-order valence-electron chi connectivity index (χ3n) is 7.10. The monoisotopic (exact) mass is 468 g/mol. The number of carbonyl (C=O) groups is 1. The van der Waals surface area contributed by atoms with Crippen molar-refractivity contribution in [1.29, 1.82) is 0 Å². The van der Waals surface area contributed by atoms with E-state index in [-0.39, 0.29) is 11.8 Å². The van der Waals surface area contributed by atoms with E-state index in [1.54, 1.807) is 19.1 Å². The molecule has 0 aliphatic carbocycles. The Balaban J connectivity index is 1.64. The fourth-order valence-corrected chi connectivity index (χ4v) is 4.91. The minimum atomic E-state index is -1.07. The summed E-state index contributed by atoms with van der Waals surface area (Å²) in [4.78, 5) is 15.9. The van der Waals surface area contributed by atoms with Crippen molar-refractivity contribution >= 4 is 5.91 Å². The SMILES string of the molecule is COc1ccc(C(O)(c2ccc(OC)cc2)C2CCN(CCCCCC(=O)N(C)C)CC2)cc1. The Morgan fingerprint density at radius 1 is 0.912 bits per heavy atom. The van der Waals surface area contributed by atoms with E-state index < -0.39 is 5.60 Å². The lowest BCUT2D eigenvalue weighted by molar-refractivity contribution is -0.128. The van der Waals surface area contributed by atoms with Crippen LogP contribution in [0.4, 0.5) is 0 Å². The number of carbonyl (C=O) groups excluding carboxylic acids is 1. The molecule has 0 aromatic heterocycles. The summed E-state index contributed by atoms with van der Waals surface area (Å²) >= 11 is 0. The van der Waals surface area contributed by atoms with Crippen molar-refractivity contribution in [2.24, 2.45) is 5.92 Å². The van der Waals surface area contributed by atoms with E-state index in [0.717, 1.165) is 74.4 Å². The Kier molecular flexibility index (Phi) is 9.36. The number of ether oxygens (including phenoxy) is 2. The van der Waals surface area contributed by atoms with Crippen LogP contribution >= 0.6 is 0 Å². The average Bonchev–Trinajstić information content (AvgIpc) is 2.88. The van der Waals surface area contributed by atoms with E-state index >= 15 is 0 Å². The summed E-state index contributed by atoms with van der Waals surface area (Å²) in [6, 6.07) is 15.6. The minimum Gasteiger partial charge on any atom is -0.497 e. The number of amides is 1. The second kappa shape index (κ2) is 12.2. The molecule has 1 aliphatic heterocycles. The molecule has 0 atom stereocenters. The lowest BCUT2D eigenvalue weighted by atomic mass is 9.72. The number of hydrogen-bond acceptors (Lipinski definition) is 5. The fraction of sp³-hybridized carbons (Fsp3) is 0.536. The van der Waals surface area contributed by atoms with Crippen LogP contribution in [0.3, 0.4) is 0 Å². The first kappa shape index (κ1) is 26.0. The smallest absolute Gasteiger partial charge is 0.222 e. The Morgan fingerprint density at radius 3 is 1.85 bits per heavy atom. The molecule has 0 bridgehead atoms. The van der Waals surface area contributed by atoms with Crippen molar-refractivity contribution in [3.8, 4) is 11.5 Å². The van der Waals surface area contributed by atoms with Crippen LogP contribution in [0.25, 0.3) is 0 Å². The predicted molar refractivity (Wildman–Crippen MR) is 135 cm³/mol.